The van der Waals surface area contributed by atoms with Crippen molar-refractivity contribution in [2.75, 3.05) is 0 Å². The Hall–Kier alpha value is -2.16. The maximum Gasteiger partial charge on any atom is 0.430 e. The molecular formula is C16H7Cl3F3NO4. The third kappa shape index (κ3) is 3.92. The number of rotatable bonds is 3. The average Bonchev–Trinajstić information content (AvgIpc) is 2.58. The molecule has 0 fully saturated rings. The van der Waals surface area contributed by atoms with Crippen molar-refractivity contribution in [3.8, 4) is 17.4 Å². The number of nitrogens with zero attached hydrogens (tertiary/aromatic N) is 1. The van der Waals surface area contributed by atoms with Gasteiger partial charge in [-0.2, -0.15) is 13.2 Å². The van der Waals surface area contributed by atoms with Crippen molar-refractivity contribution in [1.29, 1.82) is 0 Å². The smallest absolute Gasteiger partial charge is 0.430 e. The molecule has 11 heteroatoms. The second kappa shape index (κ2) is 7.10. The van der Waals surface area contributed by atoms with Crippen LogP contribution in [0.1, 0.15) is 5.56 Å². The number of aromatic nitrogens is 1. The number of hydrogen-bond donors (Lipinski definition) is 1. The molecule has 0 radical (unpaired) electrons. The van der Waals surface area contributed by atoms with E-state index in [0.717, 1.165) is 12.1 Å². The number of alkyl halides is 3. The number of fused-ring (bicyclic) bond motifs is 1. The van der Waals surface area contributed by atoms with Gasteiger partial charge in [-0.1, -0.05) is 34.8 Å². The van der Waals surface area contributed by atoms with Crippen LogP contribution < -0.4 is 9.47 Å². The van der Waals surface area contributed by atoms with Gasteiger partial charge >= 0.3 is 12.1 Å². The van der Waals surface area contributed by atoms with Crippen LogP contribution in [0.25, 0.3) is 6.08 Å². The summed E-state index contributed by atoms with van der Waals surface area (Å²) >= 11 is 17.8. The second-order valence-corrected chi connectivity index (χ2v) is 6.52. The van der Waals surface area contributed by atoms with Gasteiger partial charge in [0.05, 0.1) is 26.2 Å². The lowest BCUT2D eigenvalue weighted by atomic mass is 10.0. The molecule has 27 heavy (non-hydrogen) atoms. The second-order valence-electron chi connectivity index (χ2n) is 5.27. The molecule has 0 bridgehead atoms. The minimum Gasteiger partial charge on any atom is -0.478 e. The summed E-state index contributed by atoms with van der Waals surface area (Å²) < 4.78 is 49.9. The summed E-state index contributed by atoms with van der Waals surface area (Å²) in [6.45, 7) is 0. The predicted molar refractivity (Wildman–Crippen MR) is 91.9 cm³/mol. The molecule has 0 saturated heterocycles. The lowest BCUT2D eigenvalue weighted by Gasteiger charge is -2.28. The summed E-state index contributed by atoms with van der Waals surface area (Å²) in [5.41, 5.74) is -1.19. The Kier molecular flexibility index (Phi) is 5.16. The van der Waals surface area contributed by atoms with Gasteiger partial charge < -0.3 is 14.6 Å². The van der Waals surface area contributed by atoms with E-state index in [-0.39, 0.29) is 27.2 Å². The number of carbonyl (C=O) groups is 1. The van der Waals surface area contributed by atoms with Crippen molar-refractivity contribution in [2.24, 2.45) is 0 Å². The first-order valence-corrected chi connectivity index (χ1v) is 8.21. The van der Waals surface area contributed by atoms with Gasteiger partial charge in [0.15, 0.2) is 5.75 Å². The highest BCUT2D eigenvalue weighted by Gasteiger charge is 2.49. The number of benzene rings is 1. The molecule has 1 atom stereocenters. The monoisotopic (exact) mass is 439 g/mol. The molecule has 1 aromatic heterocycles. The Morgan fingerprint density at radius 2 is 1.93 bits per heavy atom. The zero-order chi connectivity index (χ0) is 19.9. The number of aliphatic carboxylic acids is 1. The van der Waals surface area contributed by atoms with E-state index in [0.29, 0.717) is 5.02 Å². The van der Waals surface area contributed by atoms with Crippen LogP contribution in [0.4, 0.5) is 13.2 Å². The third-order valence-electron chi connectivity index (χ3n) is 3.45. The molecule has 1 N–H and O–H groups in total. The standard InChI is InChI=1S/C16H7Cl3F3NO4/c17-6-1-2-11(23-5-6)26-12-7-3-8(15(24)25)14(16(20,21)22)27-13(7)10(19)4-9(12)18/h1-5,14H,(H,24,25). The molecule has 0 saturated carbocycles. The molecule has 0 spiro atoms. The third-order valence-corrected chi connectivity index (χ3v) is 4.23. The van der Waals surface area contributed by atoms with E-state index in [9.17, 15) is 18.0 Å². The molecule has 1 aliphatic heterocycles. The van der Waals surface area contributed by atoms with E-state index in [4.69, 9.17) is 49.4 Å². The van der Waals surface area contributed by atoms with E-state index in [1.807, 2.05) is 0 Å². The number of hydrogen-bond acceptors (Lipinski definition) is 4. The summed E-state index contributed by atoms with van der Waals surface area (Å²) in [6.07, 6.45) is -5.61. The fourth-order valence-corrected chi connectivity index (χ4v) is 2.99. The van der Waals surface area contributed by atoms with Crippen LogP contribution in [-0.2, 0) is 4.79 Å². The number of halogens is 6. The van der Waals surface area contributed by atoms with Gasteiger partial charge in [0.25, 0.3) is 0 Å². The van der Waals surface area contributed by atoms with Crippen molar-refractivity contribution in [2.45, 2.75) is 12.3 Å². The largest absolute Gasteiger partial charge is 0.478 e. The van der Waals surface area contributed by atoms with E-state index in [2.05, 4.69) is 4.98 Å². The fraction of sp³-hybridized carbons (Fsp3) is 0.125. The quantitative estimate of drug-likeness (QED) is 0.670. The molecule has 0 amide bonds. The van der Waals surface area contributed by atoms with Crippen LogP contribution in [0, 0.1) is 0 Å². The summed E-state index contributed by atoms with van der Waals surface area (Å²) in [5, 5.41) is 9.18. The van der Waals surface area contributed by atoms with E-state index in [1.54, 1.807) is 0 Å². The Morgan fingerprint density at radius 1 is 1.22 bits per heavy atom. The Morgan fingerprint density at radius 3 is 2.48 bits per heavy atom. The number of carboxylic acids is 1. The Labute approximate surface area is 164 Å². The van der Waals surface area contributed by atoms with E-state index in [1.165, 1.54) is 18.3 Å². The topological polar surface area (TPSA) is 68.7 Å². The molecular weight excluding hydrogens is 434 g/mol. The summed E-state index contributed by atoms with van der Waals surface area (Å²) in [7, 11) is 0. The maximum atomic E-state index is 13.2. The normalized spacial score (nSPS) is 16.2. The van der Waals surface area contributed by atoms with Gasteiger partial charge in [0.2, 0.25) is 12.0 Å². The number of ether oxygens (including phenoxy) is 2. The summed E-state index contributed by atoms with van der Waals surface area (Å²) in [4.78, 5) is 15.2. The minimum absolute atomic E-state index is 0.0223. The van der Waals surface area contributed by atoms with Gasteiger partial charge in [0, 0.05) is 12.3 Å². The first-order valence-electron chi connectivity index (χ1n) is 7.07. The molecule has 0 aliphatic carbocycles. The molecule has 1 aliphatic rings. The molecule has 1 aromatic carbocycles. The number of pyridine rings is 1. The molecule has 2 heterocycles. The number of carboxylic acid groups (broad SMARTS) is 1. The van der Waals surface area contributed by atoms with Crippen molar-refractivity contribution in [3.05, 3.63) is 50.6 Å². The van der Waals surface area contributed by atoms with Gasteiger partial charge in [0.1, 0.15) is 5.75 Å². The first-order chi connectivity index (χ1) is 12.6. The minimum atomic E-state index is -4.97. The highest BCUT2D eigenvalue weighted by atomic mass is 35.5. The summed E-state index contributed by atoms with van der Waals surface area (Å²) in [5.74, 6) is -2.36. The van der Waals surface area contributed by atoms with Gasteiger partial charge in [-0.05, 0) is 18.2 Å². The first kappa shape index (κ1) is 19.6. The van der Waals surface area contributed by atoms with Gasteiger partial charge in [-0.15, -0.1) is 0 Å². The van der Waals surface area contributed by atoms with Crippen molar-refractivity contribution >= 4 is 46.8 Å². The molecule has 142 valence electrons. The SMILES string of the molecule is O=C(O)C1=Cc2c(Oc3ccc(Cl)cn3)c(Cl)cc(Cl)c2OC1C(F)(F)F. The lowest BCUT2D eigenvalue weighted by Crippen LogP contribution is -2.40. The predicted octanol–water partition coefficient (Wildman–Crippen LogP) is 5.63. The lowest BCUT2D eigenvalue weighted by molar-refractivity contribution is -0.187. The average molecular weight is 441 g/mol. The van der Waals surface area contributed by atoms with Crippen molar-refractivity contribution < 1.29 is 32.5 Å². The Balaban J connectivity index is 2.16. The molecule has 3 rings (SSSR count). The van der Waals surface area contributed by atoms with Crippen molar-refractivity contribution in [1.82, 2.24) is 4.98 Å². The summed E-state index contributed by atoms with van der Waals surface area (Å²) in [6, 6.07) is 3.98. The van der Waals surface area contributed by atoms with Crippen LogP contribution in [-0.4, -0.2) is 28.3 Å². The molecule has 2 aromatic rings. The zero-order valence-corrected chi connectivity index (χ0v) is 15.1. The maximum absolute atomic E-state index is 13.2. The highest BCUT2D eigenvalue weighted by Crippen LogP contribution is 2.48. The highest BCUT2D eigenvalue weighted by molar-refractivity contribution is 6.37. The Bertz CT molecular complexity index is 945. The van der Waals surface area contributed by atoms with Gasteiger partial charge in [-0.3, -0.25) is 0 Å². The van der Waals surface area contributed by atoms with Crippen LogP contribution in [0.2, 0.25) is 15.1 Å². The van der Waals surface area contributed by atoms with Crippen LogP contribution in [0.5, 0.6) is 17.4 Å². The fourth-order valence-electron chi connectivity index (χ4n) is 2.31. The van der Waals surface area contributed by atoms with Crippen LogP contribution in [0.15, 0.2) is 30.0 Å². The van der Waals surface area contributed by atoms with E-state index >= 15 is 0 Å². The van der Waals surface area contributed by atoms with E-state index < -0.39 is 29.6 Å². The van der Waals surface area contributed by atoms with Crippen molar-refractivity contribution in [3.63, 3.8) is 0 Å². The van der Waals surface area contributed by atoms with Crippen LogP contribution in [0.3, 0.4) is 0 Å². The zero-order valence-electron chi connectivity index (χ0n) is 12.9. The molecule has 5 nitrogen and oxygen atoms in total. The van der Waals surface area contributed by atoms with Gasteiger partial charge in [-0.25, -0.2) is 9.78 Å². The van der Waals surface area contributed by atoms with Crippen LogP contribution >= 0.6 is 34.8 Å². The molecule has 1 unspecified atom stereocenters.